The van der Waals surface area contributed by atoms with E-state index < -0.39 is 0 Å². The minimum Gasteiger partial charge on any atom is -0.377 e. The summed E-state index contributed by atoms with van der Waals surface area (Å²) in [4.78, 5) is 3.26. The van der Waals surface area contributed by atoms with Gasteiger partial charge in [0, 0.05) is 30.1 Å². The number of rotatable bonds is 3. The fourth-order valence-corrected chi connectivity index (χ4v) is 2.37. The SMILES string of the molecule is [B]NSc1cccc2c(N(C)C)cccc12. The first kappa shape index (κ1) is 11.4. The number of nitrogens with one attached hydrogen (secondary N) is 1. The van der Waals surface area contributed by atoms with Crippen molar-refractivity contribution in [3.8, 4) is 0 Å². The Labute approximate surface area is 102 Å². The molecule has 2 radical (unpaired) electrons. The van der Waals surface area contributed by atoms with E-state index in [1.54, 1.807) is 0 Å². The van der Waals surface area contributed by atoms with Crippen LogP contribution in [0.15, 0.2) is 41.3 Å². The van der Waals surface area contributed by atoms with E-state index in [1.165, 1.54) is 28.4 Å². The average Bonchev–Trinajstić information content (AvgIpc) is 2.29. The minimum absolute atomic E-state index is 1.14. The molecule has 0 aliphatic rings. The van der Waals surface area contributed by atoms with Crippen LogP contribution in [0.25, 0.3) is 10.8 Å². The van der Waals surface area contributed by atoms with Gasteiger partial charge in [-0.25, -0.2) is 0 Å². The Morgan fingerprint density at radius 3 is 2.44 bits per heavy atom. The van der Waals surface area contributed by atoms with Gasteiger partial charge in [-0.15, -0.1) is 0 Å². The summed E-state index contributed by atoms with van der Waals surface area (Å²) in [7, 11) is 9.45. The minimum atomic E-state index is 1.14. The molecule has 4 heteroatoms. The number of hydrogen-bond donors (Lipinski definition) is 1. The fraction of sp³-hybridized carbons (Fsp3) is 0.167. The molecule has 0 unspecified atom stereocenters. The van der Waals surface area contributed by atoms with Crippen LogP contribution < -0.4 is 9.53 Å². The number of fused-ring (bicyclic) bond motifs is 1. The van der Waals surface area contributed by atoms with E-state index in [4.69, 9.17) is 7.98 Å². The molecule has 2 aromatic rings. The smallest absolute Gasteiger partial charge is 0.195 e. The third-order valence-electron chi connectivity index (χ3n) is 2.51. The lowest BCUT2D eigenvalue weighted by Crippen LogP contribution is -2.08. The molecule has 2 aromatic carbocycles. The van der Waals surface area contributed by atoms with Crippen molar-refractivity contribution >= 4 is 36.4 Å². The van der Waals surface area contributed by atoms with Gasteiger partial charge < -0.3 is 9.53 Å². The molecule has 2 rings (SSSR count). The summed E-state index contributed by atoms with van der Waals surface area (Å²) >= 11 is 1.43. The topological polar surface area (TPSA) is 15.3 Å². The van der Waals surface area contributed by atoms with Gasteiger partial charge in [0.15, 0.2) is 7.98 Å². The van der Waals surface area contributed by atoms with Crippen molar-refractivity contribution in [1.29, 1.82) is 0 Å². The van der Waals surface area contributed by atoms with Crippen molar-refractivity contribution in [2.24, 2.45) is 0 Å². The van der Waals surface area contributed by atoms with E-state index in [9.17, 15) is 0 Å². The highest BCUT2D eigenvalue weighted by atomic mass is 32.2. The van der Waals surface area contributed by atoms with Gasteiger partial charge >= 0.3 is 0 Å². The molecule has 0 aliphatic carbocycles. The normalized spacial score (nSPS) is 10.6. The van der Waals surface area contributed by atoms with Gasteiger partial charge in [-0.05, 0) is 17.5 Å². The molecule has 0 heterocycles. The van der Waals surface area contributed by atoms with E-state index in [-0.39, 0.29) is 0 Å². The highest BCUT2D eigenvalue weighted by Crippen LogP contribution is 2.31. The zero-order chi connectivity index (χ0) is 11.5. The Morgan fingerprint density at radius 2 is 1.75 bits per heavy atom. The lowest BCUT2D eigenvalue weighted by Gasteiger charge is -2.16. The zero-order valence-electron chi connectivity index (χ0n) is 9.40. The van der Waals surface area contributed by atoms with Gasteiger partial charge in [-0.2, -0.15) is 0 Å². The second-order valence-corrected chi connectivity index (χ2v) is 4.62. The number of anilines is 1. The van der Waals surface area contributed by atoms with Crippen LogP contribution in [0.3, 0.4) is 0 Å². The first-order valence-electron chi connectivity index (χ1n) is 5.05. The summed E-state index contributed by atoms with van der Waals surface area (Å²) in [6.45, 7) is 0. The van der Waals surface area contributed by atoms with E-state index in [2.05, 4.69) is 60.0 Å². The molecule has 0 fully saturated rings. The third kappa shape index (κ3) is 2.03. The van der Waals surface area contributed by atoms with Gasteiger partial charge in [0.25, 0.3) is 0 Å². The number of benzene rings is 2. The molecule has 0 amide bonds. The van der Waals surface area contributed by atoms with Crippen LogP contribution in [0.5, 0.6) is 0 Å². The second-order valence-electron chi connectivity index (χ2n) is 3.74. The molecule has 0 spiro atoms. The lowest BCUT2D eigenvalue weighted by molar-refractivity contribution is 1.14. The molecule has 0 saturated heterocycles. The van der Waals surface area contributed by atoms with Crippen LogP contribution in [0.4, 0.5) is 5.69 Å². The van der Waals surface area contributed by atoms with Gasteiger partial charge in [0.2, 0.25) is 0 Å². The largest absolute Gasteiger partial charge is 0.377 e. The maximum atomic E-state index is 5.35. The quantitative estimate of drug-likeness (QED) is 0.642. The molecule has 80 valence electrons. The Bertz CT molecular complexity index is 499. The van der Waals surface area contributed by atoms with E-state index in [1.807, 2.05) is 0 Å². The highest BCUT2D eigenvalue weighted by Gasteiger charge is 2.05. The summed E-state index contributed by atoms with van der Waals surface area (Å²) in [5.41, 5.74) is 1.22. The summed E-state index contributed by atoms with van der Waals surface area (Å²) in [6.07, 6.45) is 0. The predicted molar refractivity (Wildman–Crippen MR) is 73.0 cm³/mol. The van der Waals surface area contributed by atoms with Crippen LogP contribution in [-0.2, 0) is 0 Å². The first-order chi connectivity index (χ1) is 7.74. The maximum absolute atomic E-state index is 5.35. The summed E-state index contributed by atoms with van der Waals surface area (Å²) in [5, 5.41) is 2.46. The van der Waals surface area contributed by atoms with Crippen molar-refractivity contribution in [1.82, 2.24) is 4.63 Å². The molecule has 0 atom stereocenters. The second kappa shape index (κ2) is 4.81. The van der Waals surface area contributed by atoms with Gasteiger partial charge in [-0.1, -0.05) is 36.2 Å². The zero-order valence-corrected chi connectivity index (χ0v) is 10.2. The summed E-state index contributed by atoms with van der Waals surface area (Å²) < 4.78 is 2.63. The fourth-order valence-electron chi connectivity index (χ4n) is 1.81. The van der Waals surface area contributed by atoms with Crippen LogP contribution >= 0.6 is 11.9 Å². The number of hydrogen-bond acceptors (Lipinski definition) is 3. The average molecular weight is 228 g/mol. The van der Waals surface area contributed by atoms with Gasteiger partial charge in [0.05, 0.1) is 0 Å². The molecule has 0 saturated carbocycles. The Balaban J connectivity index is 2.66. The molecular formula is C12H13BN2S. The van der Waals surface area contributed by atoms with Crippen LogP contribution in [0.1, 0.15) is 0 Å². The van der Waals surface area contributed by atoms with Crippen molar-refractivity contribution < 1.29 is 0 Å². The molecule has 1 N–H and O–H groups in total. The molecule has 0 aromatic heterocycles. The molecule has 0 bridgehead atoms. The molecular weight excluding hydrogens is 215 g/mol. The highest BCUT2D eigenvalue weighted by molar-refractivity contribution is 7.98. The Kier molecular flexibility index (Phi) is 3.41. The monoisotopic (exact) mass is 228 g/mol. The lowest BCUT2D eigenvalue weighted by atomic mass is 10.1. The van der Waals surface area contributed by atoms with E-state index in [0.717, 1.165) is 4.90 Å². The Hall–Kier alpha value is -1.13. The standard InChI is InChI=1S/C12H13BN2S/c1-15(2)11-7-3-6-10-9(11)5-4-8-12(10)16-14-13/h3-8,14H,1-2H3. The van der Waals surface area contributed by atoms with Crippen molar-refractivity contribution in [3.63, 3.8) is 0 Å². The molecule has 0 aliphatic heterocycles. The van der Waals surface area contributed by atoms with Crippen LogP contribution in [0.2, 0.25) is 0 Å². The third-order valence-corrected chi connectivity index (χ3v) is 3.20. The van der Waals surface area contributed by atoms with E-state index in [0.29, 0.717) is 0 Å². The van der Waals surface area contributed by atoms with Crippen molar-refractivity contribution in [2.75, 3.05) is 19.0 Å². The number of nitrogens with zero attached hydrogens (tertiary/aromatic N) is 1. The van der Waals surface area contributed by atoms with Crippen molar-refractivity contribution in [3.05, 3.63) is 36.4 Å². The van der Waals surface area contributed by atoms with Gasteiger partial charge in [-0.3, -0.25) is 0 Å². The Morgan fingerprint density at radius 1 is 1.06 bits per heavy atom. The first-order valence-corrected chi connectivity index (χ1v) is 5.87. The van der Waals surface area contributed by atoms with Gasteiger partial charge in [0.1, 0.15) is 0 Å². The molecule has 2 nitrogen and oxygen atoms in total. The van der Waals surface area contributed by atoms with Crippen molar-refractivity contribution in [2.45, 2.75) is 4.90 Å². The predicted octanol–water partition coefficient (Wildman–Crippen LogP) is 2.59. The van der Waals surface area contributed by atoms with Crippen LogP contribution in [0, 0.1) is 0 Å². The van der Waals surface area contributed by atoms with Crippen LogP contribution in [-0.4, -0.2) is 22.1 Å². The molecule has 16 heavy (non-hydrogen) atoms. The summed E-state index contributed by atoms with van der Waals surface area (Å²) in [5.74, 6) is 0. The maximum Gasteiger partial charge on any atom is 0.195 e. The summed E-state index contributed by atoms with van der Waals surface area (Å²) in [6, 6.07) is 12.5. The van der Waals surface area contributed by atoms with E-state index >= 15 is 0 Å².